The number of nitrogens with zero attached hydrogens (tertiary/aromatic N) is 4. The van der Waals surface area contributed by atoms with Gasteiger partial charge in [-0.05, 0) is 27.7 Å². The number of rotatable bonds is 2. The molecule has 3 heterocycles. The predicted molar refractivity (Wildman–Crippen MR) is 74.9 cm³/mol. The molecule has 0 unspecified atom stereocenters. The second-order valence-electron chi connectivity index (χ2n) is 5.52. The summed E-state index contributed by atoms with van der Waals surface area (Å²) < 4.78 is 51.8. The van der Waals surface area contributed by atoms with Crippen LogP contribution in [0.15, 0.2) is 31.0 Å². The number of hydrogen-bond donors (Lipinski definition) is 0. The Kier molecular flexibility index (Phi) is 1.88. The van der Waals surface area contributed by atoms with Crippen molar-refractivity contribution in [2.45, 2.75) is 38.9 Å². The topological polar surface area (TPSA) is 62.1 Å². The Morgan fingerprint density at radius 1 is 1.15 bits per heavy atom. The molecular weight excluding hydrogens is 255 g/mol. The van der Waals surface area contributed by atoms with E-state index >= 15 is 0 Å². The summed E-state index contributed by atoms with van der Waals surface area (Å²) in [5.41, 5.74) is -1.17. The van der Waals surface area contributed by atoms with Crippen molar-refractivity contribution in [2.75, 3.05) is 0 Å². The second-order valence-corrected chi connectivity index (χ2v) is 5.52. The molecule has 0 aliphatic carbocycles. The molecule has 6 nitrogen and oxygen atoms in total. The van der Waals surface area contributed by atoms with Gasteiger partial charge < -0.3 is 9.31 Å². The highest BCUT2D eigenvalue weighted by Crippen LogP contribution is 2.36. The Morgan fingerprint density at radius 3 is 2.55 bits per heavy atom. The molecule has 2 aromatic heterocycles. The van der Waals surface area contributed by atoms with E-state index in [-0.39, 0.29) is 23.9 Å². The average molecular weight is 277 g/mol. The molecule has 3 rings (SSSR count). The first-order valence-electron chi connectivity index (χ1n) is 8.68. The summed E-state index contributed by atoms with van der Waals surface area (Å²) in [5.74, 6) is -0.203. The lowest BCUT2D eigenvalue weighted by atomic mass is 9.86. The van der Waals surface area contributed by atoms with Gasteiger partial charge in [-0.3, -0.25) is 9.55 Å². The summed E-state index contributed by atoms with van der Waals surface area (Å²) in [5, 5.41) is 0. The van der Waals surface area contributed by atoms with E-state index in [0.29, 0.717) is 0 Å². The fourth-order valence-corrected chi connectivity index (χ4v) is 1.73. The van der Waals surface area contributed by atoms with Gasteiger partial charge >= 0.3 is 7.12 Å². The van der Waals surface area contributed by atoms with Crippen LogP contribution in [0.4, 0.5) is 0 Å². The molecule has 1 saturated heterocycles. The van der Waals surface area contributed by atoms with E-state index in [0.717, 1.165) is 4.57 Å². The zero-order valence-corrected chi connectivity index (χ0v) is 11.7. The second kappa shape index (κ2) is 4.39. The first-order valence-corrected chi connectivity index (χ1v) is 6.18. The highest BCUT2D eigenvalue weighted by Gasteiger charge is 2.52. The maximum atomic E-state index is 8.31. The van der Waals surface area contributed by atoms with Gasteiger partial charge in [0.2, 0.25) is 0 Å². The van der Waals surface area contributed by atoms with Crippen LogP contribution in [0, 0.1) is 0 Å². The zero-order chi connectivity index (χ0) is 18.7. The van der Waals surface area contributed by atoms with Crippen LogP contribution in [0.2, 0.25) is 0 Å². The van der Waals surface area contributed by atoms with Crippen molar-refractivity contribution >= 4 is 12.7 Å². The maximum Gasteiger partial charge on any atom is 0.516 e. The fourth-order valence-electron chi connectivity index (χ4n) is 1.73. The van der Waals surface area contributed by atoms with Gasteiger partial charge in [-0.25, -0.2) is 9.97 Å². The highest BCUT2D eigenvalue weighted by molar-refractivity contribution is 6.61. The molecule has 0 atom stereocenters. The van der Waals surface area contributed by atoms with Gasteiger partial charge in [0.25, 0.3) is 0 Å². The fraction of sp³-hybridized carbons (Fsp3) is 0.462. The highest BCUT2D eigenvalue weighted by atomic mass is 16.7. The molecule has 1 aliphatic rings. The van der Waals surface area contributed by atoms with Gasteiger partial charge in [0.15, 0.2) is 5.82 Å². The van der Waals surface area contributed by atoms with Crippen LogP contribution in [0.25, 0.3) is 5.82 Å². The first-order chi connectivity index (χ1) is 11.4. The van der Waals surface area contributed by atoms with E-state index in [1.54, 1.807) is 0 Å². The van der Waals surface area contributed by atoms with E-state index in [4.69, 9.17) is 16.2 Å². The Labute approximate surface area is 125 Å². The SMILES string of the molecule is [2H]c1nc([2H])c(-n2c([2H])nc(B3OC(C)(C)C(C)(C)O3)c2[2H])nc1[2H]. The van der Waals surface area contributed by atoms with Crippen molar-refractivity contribution in [1.29, 1.82) is 0 Å². The van der Waals surface area contributed by atoms with Crippen LogP contribution in [0.1, 0.15) is 34.5 Å². The van der Waals surface area contributed by atoms with E-state index < -0.39 is 36.8 Å². The third-order valence-corrected chi connectivity index (χ3v) is 3.61. The Bertz CT molecular complexity index is 841. The third kappa shape index (κ3) is 2.12. The summed E-state index contributed by atoms with van der Waals surface area (Å²) in [4.78, 5) is 11.4. The lowest BCUT2D eigenvalue weighted by molar-refractivity contribution is 0.00578. The maximum absolute atomic E-state index is 8.31. The first kappa shape index (κ1) is 8.54. The molecule has 104 valence electrons. The minimum Gasteiger partial charge on any atom is -0.398 e. The lowest BCUT2D eigenvalue weighted by Gasteiger charge is -2.32. The lowest BCUT2D eigenvalue weighted by Crippen LogP contribution is -2.41. The van der Waals surface area contributed by atoms with Gasteiger partial charge in [0.1, 0.15) is 1.37 Å². The summed E-state index contributed by atoms with van der Waals surface area (Å²) in [7, 11) is -0.934. The zero-order valence-electron chi connectivity index (χ0n) is 16.7. The van der Waals surface area contributed by atoms with Gasteiger partial charge in [-0.2, -0.15) is 0 Å². The standard InChI is InChI=1S/C13H17BN4O2/c1-12(2)13(3,4)20-14(19-12)10-8-18(9-17-10)11-7-15-5-6-16-11/h5-9H,1-4H3/i5D,6D,7D,8D,9D. The quantitative estimate of drug-likeness (QED) is 0.765. The Balaban J connectivity index is 2.08. The Morgan fingerprint density at radius 2 is 1.85 bits per heavy atom. The molecular formula is C13H17BN4O2. The van der Waals surface area contributed by atoms with Crippen LogP contribution < -0.4 is 5.59 Å². The summed E-state index contributed by atoms with van der Waals surface area (Å²) in [6, 6.07) is 0. The molecule has 2 aromatic rings. The smallest absolute Gasteiger partial charge is 0.398 e. The van der Waals surface area contributed by atoms with Crippen LogP contribution in [-0.4, -0.2) is 37.8 Å². The molecule has 0 aromatic carbocycles. The summed E-state index contributed by atoms with van der Waals surface area (Å²) >= 11 is 0. The van der Waals surface area contributed by atoms with E-state index in [9.17, 15) is 0 Å². The number of imidazole rings is 1. The normalized spacial score (nSPS) is 23.8. The minimum atomic E-state index is -0.934. The molecule has 0 bridgehead atoms. The predicted octanol–water partition coefficient (Wildman–Crippen LogP) is 0.961. The molecule has 7 heteroatoms. The molecule has 1 aliphatic heterocycles. The van der Waals surface area contributed by atoms with Crippen molar-refractivity contribution in [3.8, 4) is 5.82 Å². The molecule has 20 heavy (non-hydrogen) atoms. The minimum absolute atomic E-state index is 0.0892. The monoisotopic (exact) mass is 277 g/mol. The van der Waals surface area contributed by atoms with Crippen molar-refractivity contribution in [2.24, 2.45) is 0 Å². The van der Waals surface area contributed by atoms with Crippen molar-refractivity contribution < 1.29 is 16.2 Å². The van der Waals surface area contributed by atoms with Crippen molar-refractivity contribution in [3.05, 3.63) is 31.0 Å². The van der Waals surface area contributed by atoms with Crippen LogP contribution in [-0.2, 0) is 9.31 Å². The summed E-state index contributed by atoms with van der Waals surface area (Å²) in [6.07, 6.45) is -1.90. The van der Waals surface area contributed by atoms with Crippen LogP contribution in [0.3, 0.4) is 0 Å². The average Bonchev–Trinajstić information content (AvgIpc) is 2.88. The third-order valence-electron chi connectivity index (χ3n) is 3.61. The molecule has 0 saturated carbocycles. The molecule has 0 N–H and O–H groups in total. The number of aromatic nitrogens is 4. The van der Waals surface area contributed by atoms with E-state index in [2.05, 4.69) is 15.0 Å². The van der Waals surface area contributed by atoms with Crippen LogP contribution in [0.5, 0.6) is 0 Å². The largest absolute Gasteiger partial charge is 0.516 e. The van der Waals surface area contributed by atoms with E-state index in [1.807, 2.05) is 27.7 Å². The summed E-state index contributed by atoms with van der Waals surface area (Å²) in [6.45, 7) is 7.45. The van der Waals surface area contributed by atoms with Gasteiger partial charge in [-0.15, -0.1) is 0 Å². The van der Waals surface area contributed by atoms with Gasteiger partial charge in [0, 0.05) is 18.5 Å². The van der Waals surface area contributed by atoms with Crippen molar-refractivity contribution in [1.82, 2.24) is 19.5 Å². The van der Waals surface area contributed by atoms with Gasteiger partial charge in [0.05, 0.1) is 34.8 Å². The molecule has 0 amide bonds. The van der Waals surface area contributed by atoms with Crippen molar-refractivity contribution in [3.63, 3.8) is 0 Å². The van der Waals surface area contributed by atoms with Crippen LogP contribution >= 0.6 is 0 Å². The number of hydrogen-bond acceptors (Lipinski definition) is 5. The molecule has 0 spiro atoms. The van der Waals surface area contributed by atoms with E-state index in [1.165, 1.54) is 0 Å². The Hall–Kier alpha value is -1.73. The van der Waals surface area contributed by atoms with Gasteiger partial charge in [-0.1, -0.05) is 0 Å². The molecule has 1 fully saturated rings. The molecule has 0 radical (unpaired) electrons.